The van der Waals surface area contributed by atoms with E-state index in [0.29, 0.717) is 28.1 Å². The van der Waals surface area contributed by atoms with E-state index in [9.17, 15) is 9.90 Å². The van der Waals surface area contributed by atoms with E-state index >= 15 is 0 Å². The standard InChI is InChI=1S/C16H15BrO4/c1-2-20-15-8-12(9-18)7-14(17)16(15)21-10-11-4-3-5-13(19)6-11/h3-9,19H,2,10H2,1H3. The molecule has 0 aliphatic rings. The Morgan fingerprint density at radius 1 is 1.24 bits per heavy atom. The van der Waals surface area contributed by atoms with Crippen LogP contribution in [0.3, 0.4) is 0 Å². The van der Waals surface area contributed by atoms with Crippen molar-refractivity contribution in [3.63, 3.8) is 0 Å². The first-order valence-electron chi connectivity index (χ1n) is 6.46. The molecule has 2 rings (SSSR count). The number of aromatic hydroxyl groups is 1. The summed E-state index contributed by atoms with van der Waals surface area (Å²) in [6.45, 7) is 2.62. The van der Waals surface area contributed by atoms with Crippen molar-refractivity contribution >= 4 is 22.2 Å². The lowest BCUT2D eigenvalue weighted by molar-refractivity contribution is 0.112. The average Bonchev–Trinajstić information content (AvgIpc) is 2.46. The highest BCUT2D eigenvalue weighted by molar-refractivity contribution is 9.10. The van der Waals surface area contributed by atoms with E-state index in [0.717, 1.165) is 11.8 Å². The lowest BCUT2D eigenvalue weighted by Crippen LogP contribution is -2.01. The van der Waals surface area contributed by atoms with Gasteiger partial charge in [0.1, 0.15) is 18.6 Å². The predicted molar refractivity (Wildman–Crippen MR) is 83.1 cm³/mol. The van der Waals surface area contributed by atoms with E-state index in [2.05, 4.69) is 15.9 Å². The number of ether oxygens (including phenoxy) is 2. The van der Waals surface area contributed by atoms with Gasteiger partial charge in [-0.15, -0.1) is 0 Å². The molecule has 0 aliphatic carbocycles. The molecule has 0 radical (unpaired) electrons. The first-order valence-corrected chi connectivity index (χ1v) is 7.25. The third kappa shape index (κ3) is 3.98. The molecule has 0 heterocycles. The highest BCUT2D eigenvalue weighted by Gasteiger charge is 2.12. The molecular formula is C16H15BrO4. The Balaban J connectivity index is 2.24. The van der Waals surface area contributed by atoms with Gasteiger partial charge in [0.2, 0.25) is 0 Å². The summed E-state index contributed by atoms with van der Waals surface area (Å²) < 4.78 is 11.9. The summed E-state index contributed by atoms with van der Waals surface area (Å²) in [5.41, 5.74) is 1.35. The van der Waals surface area contributed by atoms with Crippen LogP contribution in [0.5, 0.6) is 17.2 Å². The number of aldehydes is 1. The molecule has 0 spiro atoms. The molecular weight excluding hydrogens is 336 g/mol. The van der Waals surface area contributed by atoms with Crippen LogP contribution in [0, 0.1) is 0 Å². The van der Waals surface area contributed by atoms with Crippen molar-refractivity contribution in [2.45, 2.75) is 13.5 Å². The first-order chi connectivity index (χ1) is 10.1. The zero-order valence-corrected chi connectivity index (χ0v) is 13.1. The molecule has 0 saturated heterocycles. The molecule has 0 unspecified atom stereocenters. The van der Waals surface area contributed by atoms with Crippen molar-refractivity contribution < 1.29 is 19.4 Å². The van der Waals surface area contributed by atoms with E-state index in [1.54, 1.807) is 30.3 Å². The molecule has 4 nitrogen and oxygen atoms in total. The summed E-state index contributed by atoms with van der Waals surface area (Å²) in [7, 11) is 0. The topological polar surface area (TPSA) is 55.8 Å². The van der Waals surface area contributed by atoms with E-state index in [1.807, 2.05) is 13.0 Å². The minimum Gasteiger partial charge on any atom is -0.508 e. The quantitative estimate of drug-likeness (QED) is 0.801. The molecule has 0 amide bonds. The van der Waals surface area contributed by atoms with Gasteiger partial charge in [-0.25, -0.2) is 0 Å². The summed E-state index contributed by atoms with van der Waals surface area (Å²) >= 11 is 3.38. The van der Waals surface area contributed by atoms with E-state index < -0.39 is 0 Å². The van der Waals surface area contributed by atoms with Crippen LogP contribution in [0.25, 0.3) is 0 Å². The number of rotatable bonds is 6. The molecule has 110 valence electrons. The van der Waals surface area contributed by atoms with Crippen LogP contribution in [0.15, 0.2) is 40.9 Å². The average molecular weight is 351 g/mol. The normalized spacial score (nSPS) is 10.2. The second-order valence-electron chi connectivity index (χ2n) is 4.34. The van der Waals surface area contributed by atoms with Crippen molar-refractivity contribution in [3.05, 3.63) is 52.0 Å². The number of phenolic OH excluding ortho intramolecular Hbond substituents is 1. The molecule has 0 atom stereocenters. The number of carbonyl (C=O) groups excluding carboxylic acids is 1. The van der Waals surface area contributed by atoms with Crippen molar-refractivity contribution in [3.8, 4) is 17.2 Å². The molecule has 0 aromatic heterocycles. The Morgan fingerprint density at radius 3 is 2.71 bits per heavy atom. The summed E-state index contributed by atoms with van der Waals surface area (Å²) in [4.78, 5) is 10.9. The molecule has 1 N–H and O–H groups in total. The van der Waals surface area contributed by atoms with Gasteiger partial charge < -0.3 is 14.6 Å². The SMILES string of the molecule is CCOc1cc(C=O)cc(Br)c1OCc1cccc(O)c1. The fraction of sp³-hybridized carbons (Fsp3) is 0.188. The van der Waals surface area contributed by atoms with E-state index in [1.165, 1.54) is 0 Å². The Labute approximate surface area is 131 Å². The zero-order chi connectivity index (χ0) is 15.2. The molecule has 2 aromatic carbocycles. The van der Waals surface area contributed by atoms with Crippen LogP contribution in [0.4, 0.5) is 0 Å². The van der Waals surface area contributed by atoms with Crippen LogP contribution in [-0.2, 0) is 6.61 Å². The molecule has 0 fully saturated rings. The Hall–Kier alpha value is -2.01. The predicted octanol–water partition coefficient (Wildman–Crippen LogP) is 3.94. The maximum absolute atomic E-state index is 10.9. The van der Waals surface area contributed by atoms with Crippen LogP contribution < -0.4 is 9.47 Å². The Bertz CT molecular complexity index is 640. The second kappa shape index (κ2) is 7.13. The Morgan fingerprint density at radius 2 is 2.05 bits per heavy atom. The summed E-state index contributed by atoms with van der Waals surface area (Å²) in [6, 6.07) is 10.2. The second-order valence-corrected chi connectivity index (χ2v) is 5.19. The van der Waals surface area contributed by atoms with Gasteiger partial charge in [-0.2, -0.15) is 0 Å². The molecule has 0 aliphatic heterocycles. The number of hydrogen-bond donors (Lipinski definition) is 1. The molecule has 0 saturated carbocycles. The number of phenols is 1. The molecule has 0 bridgehead atoms. The monoisotopic (exact) mass is 350 g/mol. The summed E-state index contributed by atoms with van der Waals surface area (Å²) in [5, 5.41) is 9.44. The minimum atomic E-state index is 0.191. The highest BCUT2D eigenvalue weighted by Crippen LogP contribution is 2.37. The van der Waals surface area contributed by atoms with Gasteiger partial charge in [-0.3, -0.25) is 4.79 Å². The van der Waals surface area contributed by atoms with E-state index in [4.69, 9.17) is 9.47 Å². The Kier molecular flexibility index (Phi) is 5.22. The van der Waals surface area contributed by atoms with Crippen molar-refractivity contribution in [1.82, 2.24) is 0 Å². The van der Waals surface area contributed by atoms with Gasteiger partial charge in [-0.1, -0.05) is 12.1 Å². The van der Waals surface area contributed by atoms with Gasteiger partial charge in [0, 0.05) is 5.56 Å². The van der Waals surface area contributed by atoms with Crippen molar-refractivity contribution in [2.24, 2.45) is 0 Å². The largest absolute Gasteiger partial charge is 0.508 e. The molecule has 2 aromatic rings. The van der Waals surface area contributed by atoms with Gasteiger partial charge in [0.15, 0.2) is 11.5 Å². The third-order valence-electron chi connectivity index (χ3n) is 2.76. The van der Waals surface area contributed by atoms with Gasteiger partial charge >= 0.3 is 0 Å². The number of carbonyl (C=O) groups is 1. The van der Waals surface area contributed by atoms with Gasteiger partial charge in [0.05, 0.1) is 11.1 Å². The van der Waals surface area contributed by atoms with Crippen LogP contribution in [0.2, 0.25) is 0 Å². The first kappa shape index (κ1) is 15.4. The van der Waals surface area contributed by atoms with Crippen molar-refractivity contribution in [2.75, 3.05) is 6.61 Å². The van der Waals surface area contributed by atoms with Gasteiger partial charge in [-0.05, 0) is 52.7 Å². The summed E-state index contributed by atoms with van der Waals surface area (Å²) in [6.07, 6.45) is 0.756. The number of hydrogen-bond acceptors (Lipinski definition) is 4. The number of halogens is 1. The smallest absolute Gasteiger partial charge is 0.175 e. The number of benzene rings is 2. The van der Waals surface area contributed by atoms with Crippen LogP contribution in [0.1, 0.15) is 22.8 Å². The lowest BCUT2D eigenvalue weighted by Gasteiger charge is -2.14. The summed E-state index contributed by atoms with van der Waals surface area (Å²) in [5.74, 6) is 1.23. The lowest BCUT2D eigenvalue weighted by atomic mass is 10.2. The third-order valence-corrected chi connectivity index (χ3v) is 3.35. The fourth-order valence-electron chi connectivity index (χ4n) is 1.86. The highest BCUT2D eigenvalue weighted by atomic mass is 79.9. The zero-order valence-electron chi connectivity index (χ0n) is 11.5. The van der Waals surface area contributed by atoms with Crippen LogP contribution >= 0.6 is 15.9 Å². The van der Waals surface area contributed by atoms with Crippen LogP contribution in [-0.4, -0.2) is 18.0 Å². The molecule has 21 heavy (non-hydrogen) atoms. The van der Waals surface area contributed by atoms with Crippen molar-refractivity contribution in [1.29, 1.82) is 0 Å². The molecule has 5 heteroatoms. The van der Waals surface area contributed by atoms with E-state index in [-0.39, 0.29) is 12.4 Å². The maximum Gasteiger partial charge on any atom is 0.175 e. The van der Waals surface area contributed by atoms with Gasteiger partial charge in [0.25, 0.3) is 0 Å². The fourth-order valence-corrected chi connectivity index (χ4v) is 2.43. The maximum atomic E-state index is 10.9. The minimum absolute atomic E-state index is 0.191.